The van der Waals surface area contributed by atoms with E-state index in [0.29, 0.717) is 16.3 Å². The highest BCUT2D eigenvalue weighted by atomic mass is 32.2. The fraction of sp³-hybridized carbons (Fsp3) is 0.143. The van der Waals surface area contributed by atoms with Gasteiger partial charge in [-0.2, -0.15) is 0 Å². The van der Waals surface area contributed by atoms with Crippen molar-refractivity contribution in [1.82, 2.24) is 15.3 Å². The Kier molecular flexibility index (Phi) is 5.98. The van der Waals surface area contributed by atoms with Crippen molar-refractivity contribution < 1.29 is 9.59 Å². The van der Waals surface area contributed by atoms with Crippen LogP contribution in [-0.4, -0.2) is 27.0 Å². The fourth-order valence-corrected chi connectivity index (χ4v) is 3.56. The maximum atomic E-state index is 13.0. The molecular weight excluding hydrogens is 358 g/mol. The average molecular weight is 377 g/mol. The monoisotopic (exact) mass is 377 g/mol. The maximum Gasteiger partial charge on any atom is 0.252 e. The molecule has 0 bridgehead atoms. The van der Waals surface area contributed by atoms with Crippen molar-refractivity contribution in [1.29, 1.82) is 0 Å². The van der Waals surface area contributed by atoms with E-state index in [0.717, 1.165) is 23.1 Å². The third-order valence-electron chi connectivity index (χ3n) is 3.78. The van der Waals surface area contributed by atoms with Gasteiger partial charge in [-0.1, -0.05) is 60.3 Å². The van der Waals surface area contributed by atoms with Crippen molar-refractivity contribution in [3.05, 3.63) is 89.2 Å². The Bertz CT molecular complexity index is 926. The van der Waals surface area contributed by atoms with Gasteiger partial charge in [-0.3, -0.25) is 9.59 Å². The summed E-state index contributed by atoms with van der Waals surface area (Å²) in [4.78, 5) is 34.3. The number of thioether (sulfide) groups is 1. The van der Waals surface area contributed by atoms with Crippen molar-refractivity contribution >= 4 is 23.5 Å². The number of nitrogens with one attached hydrogen (secondary N) is 1. The Morgan fingerprint density at radius 1 is 0.852 bits per heavy atom. The second-order valence-corrected chi connectivity index (χ2v) is 7.07. The summed E-state index contributed by atoms with van der Waals surface area (Å²) in [6, 6.07) is 19.6. The van der Waals surface area contributed by atoms with E-state index >= 15 is 0 Å². The molecule has 0 aliphatic heterocycles. The van der Waals surface area contributed by atoms with Crippen LogP contribution in [0, 0.1) is 13.8 Å². The van der Waals surface area contributed by atoms with E-state index in [9.17, 15) is 9.59 Å². The van der Waals surface area contributed by atoms with Gasteiger partial charge in [0.25, 0.3) is 5.91 Å². The lowest BCUT2D eigenvalue weighted by Crippen LogP contribution is -2.38. The third kappa shape index (κ3) is 5.01. The zero-order chi connectivity index (χ0) is 19.2. The van der Waals surface area contributed by atoms with Crippen molar-refractivity contribution in [2.75, 3.05) is 0 Å². The number of hydrogen-bond donors (Lipinski definition) is 1. The van der Waals surface area contributed by atoms with Crippen LogP contribution in [-0.2, 0) is 0 Å². The smallest absolute Gasteiger partial charge is 0.252 e. The molecular formula is C21H19N3O2S. The molecule has 0 spiro atoms. The molecule has 5 nitrogen and oxygen atoms in total. The molecule has 0 radical (unpaired) electrons. The molecule has 0 saturated heterocycles. The van der Waals surface area contributed by atoms with E-state index in [1.54, 1.807) is 48.5 Å². The van der Waals surface area contributed by atoms with Crippen LogP contribution in [0.4, 0.5) is 0 Å². The number of rotatable bonds is 6. The molecule has 3 rings (SSSR count). The van der Waals surface area contributed by atoms with Gasteiger partial charge in [-0.15, -0.1) is 0 Å². The number of carbonyl (C=O) groups excluding carboxylic acids is 2. The largest absolute Gasteiger partial charge is 0.333 e. The molecule has 0 fully saturated rings. The quantitative estimate of drug-likeness (QED) is 0.306. The summed E-state index contributed by atoms with van der Waals surface area (Å²) in [7, 11) is 0. The Hall–Kier alpha value is -2.99. The first kappa shape index (κ1) is 18.8. The molecule has 3 aromatic rings. The molecule has 136 valence electrons. The molecule has 1 atom stereocenters. The summed E-state index contributed by atoms with van der Waals surface area (Å²) in [6.45, 7) is 3.74. The predicted molar refractivity (Wildman–Crippen MR) is 106 cm³/mol. The van der Waals surface area contributed by atoms with Crippen LogP contribution in [0.25, 0.3) is 0 Å². The number of benzene rings is 2. The van der Waals surface area contributed by atoms with E-state index < -0.39 is 5.37 Å². The molecule has 1 N–H and O–H groups in total. The lowest BCUT2D eigenvalue weighted by molar-refractivity contribution is 0.0892. The van der Waals surface area contributed by atoms with E-state index in [2.05, 4.69) is 15.3 Å². The van der Waals surface area contributed by atoms with Gasteiger partial charge in [-0.05, 0) is 32.0 Å². The van der Waals surface area contributed by atoms with E-state index in [-0.39, 0.29) is 11.7 Å². The minimum atomic E-state index is -0.832. The molecule has 2 aromatic carbocycles. The Morgan fingerprint density at radius 2 is 1.37 bits per heavy atom. The number of Topliss-reactive ketones (excluding diaryl/α,β-unsaturated/α-hetero) is 1. The van der Waals surface area contributed by atoms with Crippen LogP contribution in [0.5, 0.6) is 0 Å². The normalized spacial score (nSPS) is 11.6. The second-order valence-electron chi connectivity index (χ2n) is 6.00. The van der Waals surface area contributed by atoms with Gasteiger partial charge in [0.05, 0.1) is 0 Å². The maximum absolute atomic E-state index is 13.0. The number of aromatic nitrogens is 2. The van der Waals surface area contributed by atoms with Crippen molar-refractivity contribution in [3.63, 3.8) is 0 Å². The number of aryl methyl sites for hydroxylation is 2. The summed E-state index contributed by atoms with van der Waals surface area (Å²) in [6.07, 6.45) is 0. The van der Waals surface area contributed by atoms with Crippen LogP contribution in [0.3, 0.4) is 0 Å². The number of nitrogens with zero attached hydrogens (tertiary/aromatic N) is 2. The van der Waals surface area contributed by atoms with Crippen LogP contribution in [0.15, 0.2) is 71.9 Å². The SMILES string of the molecule is Cc1cc(C)nc(S[C@H](NC(=O)c2ccccc2)C(=O)c2ccccc2)n1. The van der Waals surface area contributed by atoms with Crippen molar-refractivity contribution in [2.24, 2.45) is 0 Å². The summed E-state index contributed by atoms with van der Waals surface area (Å²) in [5.41, 5.74) is 2.63. The third-order valence-corrected chi connectivity index (χ3v) is 4.74. The first-order valence-corrected chi connectivity index (χ1v) is 9.35. The van der Waals surface area contributed by atoms with Gasteiger partial charge >= 0.3 is 0 Å². The molecule has 1 amide bonds. The highest BCUT2D eigenvalue weighted by molar-refractivity contribution is 8.00. The zero-order valence-electron chi connectivity index (χ0n) is 15.0. The molecule has 1 heterocycles. The summed E-state index contributed by atoms with van der Waals surface area (Å²) in [5, 5.41) is 2.44. The molecule has 0 saturated carbocycles. The number of ketones is 1. The van der Waals surface area contributed by atoms with Crippen LogP contribution < -0.4 is 5.32 Å². The first-order chi connectivity index (χ1) is 13.0. The molecule has 1 aromatic heterocycles. The zero-order valence-corrected chi connectivity index (χ0v) is 15.9. The minimum absolute atomic E-state index is 0.201. The van der Waals surface area contributed by atoms with Gasteiger partial charge < -0.3 is 5.32 Å². The van der Waals surface area contributed by atoms with Crippen LogP contribution in [0.1, 0.15) is 32.1 Å². The molecule has 0 aliphatic rings. The molecule has 0 aliphatic carbocycles. The van der Waals surface area contributed by atoms with Crippen molar-refractivity contribution in [2.45, 2.75) is 24.4 Å². The number of carbonyl (C=O) groups is 2. The lowest BCUT2D eigenvalue weighted by Gasteiger charge is -2.17. The Balaban J connectivity index is 1.88. The Morgan fingerprint density at radius 3 is 1.93 bits per heavy atom. The van der Waals surface area contributed by atoms with Crippen LogP contribution in [0.2, 0.25) is 0 Å². The van der Waals surface area contributed by atoms with Gasteiger partial charge in [-0.25, -0.2) is 9.97 Å². The van der Waals surface area contributed by atoms with Gasteiger partial charge in [0.2, 0.25) is 0 Å². The lowest BCUT2D eigenvalue weighted by atomic mass is 10.1. The summed E-state index contributed by atoms with van der Waals surface area (Å²) in [5.74, 6) is -0.519. The van der Waals surface area contributed by atoms with E-state index in [1.165, 1.54) is 0 Å². The van der Waals surface area contributed by atoms with Crippen molar-refractivity contribution in [3.8, 4) is 0 Å². The molecule has 27 heavy (non-hydrogen) atoms. The Labute approximate surface area is 162 Å². The number of amides is 1. The van der Waals surface area contributed by atoms with Gasteiger partial charge in [0, 0.05) is 22.5 Å². The summed E-state index contributed by atoms with van der Waals surface area (Å²) >= 11 is 1.14. The first-order valence-electron chi connectivity index (χ1n) is 8.47. The average Bonchev–Trinajstić information content (AvgIpc) is 2.67. The van der Waals surface area contributed by atoms with E-state index in [1.807, 2.05) is 32.0 Å². The molecule has 0 unspecified atom stereocenters. The molecule has 6 heteroatoms. The highest BCUT2D eigenvalue weighted by Gasteiger charge is 2.25. The van der Waals surface area contributed by atoms with Gasteiger partial charge in [0.15, 0.2) is 10.9 Å². The van der Waals surface area contributed by atoms with E-state index in [4.69, 9.17) is 0 Å². The predicted octanol–water partition coefficient (Wildman–Crippen LogP) is 3.82. The minimum Gasteiger partial charge on any atom is -0.333 e. The summed E-state index contributed by atoms with van der Waals surface area (Å²) < 4.78 is 0. The fourth-order valence-electron chi connectivity index (χ4n) is 2.55. The number of hydrogen-bond acceptors (Lipinski definition) is 5. The second kappa shape index (κ2) is 8.60. The standard InChI is InChI=1S/C21H19N3O2S/c1-14-13-15(2)23-21(22-14)27-20(18(25)16-9-5-3-6-10-16)24-19(26)17-11-7-4-8-12-17/h3-13,20H,1-2H3,(H,24,26)/t20-/m0/s1. The topological polar surface area (TPSA) is 72.0 Å². The highest BCUT2D eigenvalue weighted by Crippen LogP contribution is 2.22. The van der Waals surface area contributed by atoms with Crippen LogP contribution >= 0.6 is 11.8 Å². The van der Waals surface area contributed by atoms with Gasteiger partial charge in [0.1, 0.15) is 5.37 Å².